The molecule has 14 rings (SSSR count). The van der Waals surface area contributed by atoms with Crippen LogP contribution in [-0.2, 0) is 105 Å². The third kappa shape index (κ3) is 27.2. The minimum absolute atomic E-state index is 0. The number of nitrogens with one attached hydrogen (secondary N) is 1. The maximum Gasteiger partial charge on any atom is 0.411 e. The summed E-state index contributed by atoms with van der Waals surface area (Å²) < 4.78 is 34.5. The molecule has 23 atom stereocenters. The SMILES string of the molecule is C.C.CC1CCC(C(=O)C[C@H](C(=O)N2CCCC2)[C@@H](C)OCc2ccccc2)(C(C)O)N1C(=O)OC(C)(C)C.CC1CCC(C(=O)O)(C(C)O)N1C(=O)OC(C)(C)C.CC1CCC2(C(=O)N([C@H](C(=O)N3CCCC3)[C@@H](C)O)C2C)N1C(=O)OC(C)(C)C.CC1CCC2(C(=O)N([C@H](C(=O)N3CCCC3)[C@@H](C)OCc3ccccc3)C2C)N1C(=O)OC(C)(C)C.CC1CCC2(N1)C(=O)N([C@H](C(=O)N1CCCC1)[C@@H](C)O)C2C.[CH3-].[Pd]. The molecule has 0 bridgehead atoms. The van der Waals surface area contributed by atoms with Crippen LogP contribution < -0.4 is 5.32 Å². The van der Waals surface area contributed by atoms with Crippen molar-refractivity contribution in [2.75, 3.05) is 52.4 Å². The van der Waals surface area contributed by atoms with Crippen LogP contribution in [0.4, 0.5) is 19.2 Å². The number of carboxylic acids is 1. The van der Waals surface area contributed by atoms with Crippen molar-refractivity contribution in [1.82, 2.24) is 59.2 Å². The van der Waals surface area contributed by atoms with E-state index in [4.69, 9.17) is 28.4 Å². The van der Waals surface area contributed by atoms with Crippen molar-refractivity contribution in [3.05, 3.63) is 79.2 Å². The zero-order valence-electron chi connectivity index (χ0n) is 91.4. The number of aliphatic carboxylic acids is 1. The van der Waals surface area contributed by atoms with Crippen molar-refractivity contribution < 1.29 is 137 Å². The van der Waals surface area contributed by atoms with E-state index >= 15 is 0 Å². The Hall–Kier alpha value is -8.67. The number of carbonyl (C=O) groups excluding carboxylic acids is 12. The molecule has 37 heteroatoms. The van der Waals surface area contributed by atoms with Gasteiger partial charge >= 0.3 is 30.3 Å². The van der Waals surface area contributed by atoms with E-state index in [-0.39, 0.29) is 145 Å². The van der Waals surface area contributed by atoms with Gasteiger partial charge in [-0.25, -0.2) is 24.0 Å². The fourth-order valence-electron chi connectivity index (χ4n) is 23.6. The number of Topliss-reactive ketones (excluding diaryl/α,β-unsaturated/α-hetero) is 1. The number of ketones is 1. The Morgan fingerprint density at radius 1 is 0.388 bits per heavy atom. The van der Waals surface area contributed by atoms with Crippen LogP contribution in [-0.4, -0.2) is 362 Å². The van der Waals surface area contributed by atoms with Crippen LogP contribution in [0.15, 0.2) is 60.7 Å². The van der Waals surface area contributed by atoms with E-state index in [1.54, 1.807) is 124 Å². The van der Waals surface area contributed by atoms with Crippen LogP contribution in [0.2, 0.25) is 0 Å². The zero-order chi connectivity index (χ0) is 106. The average Bonchev–Trinajstić information content (AvgIpc) is 1.59. The number of β-lactam (4-membered cyclic amide) rings is 3. The Labute approximate surface area is 889 Å². The number of ether oxygens (including phenoxy) is 6. The number of nitrogens with zero attached hydrogens (tertiary/aromatic N) is 11. The fraction of sp³-hybridized carbons (Fsp3) is 0.764. The standard InChI is InChI=1S/C29H44N2O6.C28H41N3O5.C21H35N3O5.C16H27N3O3.C13H23NO5.2CH4.CH3.Pd/c1-20-14-15-29(22(3)32,31(20)27(35)37-28(4,5)6)25(33)18-24(26(34)30-16-10-11-17-30)21(2)36-19-23-12-8-7-9-13-23;1-19-14-15-28(31(19)26(34)36-27(4,5)6)21(3)30(25(28)33)23(24(32)29-16-10-11-17-29)20(2)35-18-22-12-8-7-9-13-22;1-13-9-10-21(24(13)19(28)29-20(4,5)6)15(3)23(18(21)27)16(14(2)25)17(26)22-11-7-8-12-22;1-10-6-7-16(17-10)12(3)19(15(16)22)13(11(2)20)14(21)18-8-4-5-9-18;1-8-6-7-13(9(2)15,10(16)17)14(8)11(18)19-12(3,4)5;;;;/h7-9,12-13,20-22,24,32H,10-11,14-19H2,1-6H3;7-9,12-13,19-21,23H,10-11,14-18H2,1-6H3;13-16,25H,7-12H2,1-6H3;10-13,17,20H,4-9H2,1-3H3;8-9,15H,6-7H2,1-5H3,(H,16,17);2*1H4;1H3;/q;;;;;;;-1;/t20?,21-,22?,24+,29?;19?,20-,21?,23+,28?;13?,14-,15?,16+,21?;10?,11-,12?,13+,16?;;;;;/m1111...../s1. The molecule has 12 aliphatic rings. The normalized spacial score (nSPS) is 28.7. The summed E-state index contributed by atoms with van der Waals surface area (Å²) in [5, 5.41) is 54.2. The first-order valence-electron chi connectivity index (χ1n) is 52.5. The van der Waals surface area contributed by atoms with E-state index in [1.807, 2.05) is 142 Å². The van der Waals surface area contributed by atoms with Crippen molar-refractivity contribution in [2.45, 2.75) is 483 Å². The minimum atomic E-state index is -1.60. The Balaban J connectivity index is 0.000000284. The van der Waals surface area contributed by atoms with Crippen LogP contribution in [0, 0.1) is 13.3 Å². The van der Waals surface area contributed by atoms with Gasteiger partial charge in [-0.15, -0.1) is 0 Å². The molecule has 2 aromatic rings. The zero-order valence-corrected chi connectivity index (χ0v) is 93.0. The van der Waals surface area contributed by atoms with Crippen LogP contribution >= 0.6 is 0 Å². The molecule has 12 aliphatic heterocycles. The average molecular weight is 2160 g/mol. The molecule has 2 aromatic carbocycles. The smallest absolute Gasteiger partial charge is 0.411 e. The monoisotopic (exact) mass is 2160 g/mol. The second-order valence-electron chi connectivity index (χ2n) is 46.2. The van der Waals surface area contributed by atoms with E-state index < -0.39 is 141 Å². The van der Waals surface area contributed by atoms with Gasteiger partial charge in [-0.3, -0.25) is 63.3 Å². The van der Waals surface area contributed by atoms with Gasteiger partial charge in [0.2, 0.25) is 29.5 Å². The number of aliphatic hydroxyl groups excluding tert-OH is 4. The fourth-order valence-corrected chi connectivity index (χ4v) is 23.6. The second kappa shape index (κ2) is 51.2. The van der Waals surface area contributed by atoms with Gasteiger partial charge < -0.3 is 95.7 Å². The number of carbonyl (C=O) groups is 13. The number of hydrogen-bond acceptors (Lipinski definition) is 24. The molecule has 12 heterocycles. The van der Waals surface area contributed by atoms with E-state index in [2.05, 4.69) is 12.2 Å². The van der Waals surface area contributed by atoms with Crippen molar-refractivity contribution in [1.29, 1.82) is 0 Å². The first kappa shape index (κ1) is 127. The van der Waals surface area contributed by atoms with Crippen LogP contribution in [0.3, 0.4) is 0 Å². The quantitative estimate of drug-likeness (QED) is 0.0260. The number of aliphatic hydroxyl groups is 4. The van der Waals surface area contributed by atoms with Crippen LogP contribution in [0.1, 0.15) is 328 Å². The van der Waals surface area contributed by atoms with Crippen molar-refractivity contribution in [3.8, 4) is 0 Å². The molecule has 15 unspecified atom stereocenters. The molecule has 3 spiro atoms. The molecular formula is C110H181N12O24Pd-. The topological polar surface area (TPSA) is 426 Å². The second-order valence-corrected chi connectivity index (χ2v) is 46.2. The maximum absolute atomic E-state index is 14.1. The number of benzene rings is 2. The molecule has 12 fully saturated rings. The Kier molecular flexibility index (Phi) is 44.2. The largest absolute Gasteiger partial charge is 0.479 e. The molecule has 11 amide bonds. The molecular weight excluding hydrogens is 1980 g/mol. The third-order valence-corrected chi connectivity index (χ3v) is 31.2. The molecule has 836 valence electrons. The number of amides is 11. The molecule has 6 N–H and O–H groups in total. The Morgan fingerprint density at radius 3 is 0.986 bits per heavy atom. The van der Waals surface area contributed by atoms with Gasteiger partial charge in [0.15, 0.2) is 11.3 Å². The van der Waals surface area contributed by atoms with Crippen molar-refractivity contribution in [3.63, 3.8) is 0 Å². The summed E-state index contributed by atoms with van der Waals surface area (Å²) in [6.07, 6.45) is 6.05. The third-order valence-electron chi connectivity index (χ3n) is 31.2. The first-order chi connectivity index (χ1) is 66.6. The number of likely N-dealkylation sites (tertiary alicyclic amines) is 11. The van der Waals surface area contributed by atoms with Gasteiger partial charge in [0.05, 0.1) is 73.9 Å². The summed E-state index contributed by atoms with van der Waals surface area (Å²) in [4.78, 5) is 188. The molecule has 12 saturated heterocycles. The van der Waals surface area contributed by atoms with E-state index in [9.17, 15) is 87.9 Å². The summed E-state index contributed by atoms with van der Waals surface area (Å²) >= 11 is 0. The van der Waals surface area contributed by atoms with Gasteiger partial charge in [0.1, 0.15) is 62.7 Å². The minimum Gasteiger partial charge on any atom is -0.479 e. The predicted octanol–water partition coefficient (Wildman–Crippen LogP) is 13.5. The van der Waals surface area contributed by atoms with Crippen LogP contribution in [0.5, 0.6) is 0 Å². The van der Waals surface area contributed by atoms with Gasteiger partial charge in [0, 0.05) is 109 Å². The Morgan fingerprint density at radius 2 is 0.680 bits per heavy atom. The molecule has 0 aliphatic carbocycles. The van der Waals surface area contributed by atoms with Gasteiger partial charge in [-0.05, 0) is 307 Å². The Bertz CT molecular complexity index is 4770. The molecule has 0 aromatic heterocycles. The summed E-state index contributed by atoms with van der Waals surface area (Å²) in [6, 6.07) is 15.9. The summed E-state index contributed by atoms with van der Waals surface area (Å²) in [5.74, 6) is -3.21. The van der Waals surface area contributed by atoms with Crippen molar-refractivity contribution >= 4 is 77.5 Å². The summed E-state index contributed by atoms with van der Waals surface area (Å²) in [6.45, 7) is 52.7. The summed E-state index contributed by atoms with van der Waals surface area (Å²) in [5.41, 5.74) is -6.34. The number of rotatable bonds is 23. The molecule has 0 saturated carbocycles. The molecule has 36 nitrogen and oxygen atoms in total. The van der Waals surface area contributed by atoms with E-state index in [1.165, 1.54) is 21.6 Å². The molecule has 147 heavy (non-hydrogen) atoms. The predicted molar refractivity (Wildman–Crippen MR) is 555 cm³/mol. The van der Waals surface area contributed by atoms with E-state index in [0.717, 1.165) is 88.4 Å². The number of carboxylic acid groups (broad SMARTS) is 1. The van der Waals surface area contributed by atoms with Crippen molar-refractivity contribution in [2.24, 2.45) is 5.92 Å². The first-order valence-corrected chi connectivity index (χ1v) is 52.5. The number of hydrogen-bond donors (Lipinski definition) is 6. The summed E-state index contributed by atoms with van der Waals surface area (Å²) in [7, 11) is 0. The van der Waals surface area contributed by atoms with Gasteiger partial charge in [-0.2, -0.15) is 0 Å². The molecule has 0 radical (unpaired) electrons. The van der Waals surface area contributed by atoms with Crippen LogP contribution in [0.25, 0.3) is 0 Å². The maximum atomic E-state index is 14.1. The van der Waals surface area contributed by atoms with E-state index in [0.29, 0.717) is 103 Å². The van der Waals surface area contributed by atoms with Gasteiger partial charge in [0.25, 0.3) is 11.8 Å². The van der Waals surface area contributed by atoms with Gasteiger partial charge in [-0.1, -0.05) is 75.5 Å².